The second-order valence-electron chi connectivity index (χ2n) is 10.7. The number of carbonyl (C=O) groups excluding carboxylic acids is 1. The van der Waals surface area contributed by atoms with Gasteiger partial charge in [0.1, 0.15) is 6.54 Å². The Morgan fingerprint density at radius 2 is 1.83 bits per heavy atom. The van der Waals surface area contributed by atoms with Crippen LogP contribution in [0.1, 0.15) is 41.4 Å². The van der Waals surface area contributed by atoms with Crippen LogP contribution in [-0.2, 0) is 13.0 Å². The monoisotopic (exact) mass is 571 g/mol. The van der Waals surface area contributed by atoms with E-state index in [0.717, 1.165) is 31.6 Å². The molecule has 220 valence electrons. The van der Waals surface area contributed by atoms with E-state index in [1.165, 1.54) is 18.5 Å². The number of likely N-dealkylation sites (tertiary alicyclic amines) is 1. The molecule has 1 aliphatic rings. The van der Waals surface area contributed by atoms with Crippen molar-refractivity contribution in [3.8, 4) is 11.8 Å². The molecule has 0 radical (unpaired) electrons. The highest BCUT2D eigenvalue weighted by Crippen LogP contribution is 2.31. The molecular weight excluding hydrogens is 535 g/mol. The second kappa shape index (κ2) is 12.4. The zero-order chi connectivity index (χ0) is 29.8. The summed E-state index contributed by atoms with van der Waals surface area (Å²) in [5.41, 5.74) is 2.85. The molecule has 2 aromatic carbocycles. The Hall–Kier alpha value is -3.72. The van der Waals surface area contributed by atoms with Crippen LogP contribution in [0.3, 0.4) is 0 Å². The lowest BCUT2D eigenvalue weighted by Gasteiger charge is -2.30. The van der Waals surface area contributed by atoms with Crippen LogP contribution in [-0.4, -0.2) is 77.3 Å². The maximum Gasteiger partial charge on any atom is 0.406 e. The number of benzene rings is 2. The molecule has 0 atom stereocenters. The Morgan fingerprint density at radius 1 is 1.10 bits per heavy atom. The zero-order valence-electron chi connectivity index (χ0n) is 23.4. The third kappa shape index (κ3) is 8.16. The van der Waals surface area contributed by atoms with E-state index in [1.807, 2.05) is 6.07 Å². The van der Waals surface area contributed by atoms with Gasteiger partial charge in [-0.05, 0) is 87.8 Å². The molecule has 8 nitrogen and oxygen atoms in total. The van der Waals surface area contributed by atoms with E-state index in [1.54, 1.807) is 36.4 Å². The molecular formula is C30H36F3N5O3. The number of anilines is 2. The Morgan fingerprint density at radius 3 is 2.49 bits per heavy atom. The minimum Gasteiger partial charge on any atom is -0.382 e. The molecule has 0 bridgehead atoms. The standard InChI is InChI=1S/C30H36F3N5O3/c1-29(40,41)18-21-16-20(28(39)34-2)9-10-25(21)35-13-5-6-23-17-24-26(36-22-11-14-37(3)15-12-22)7-4-8-27(24)38(23)19-30(31,32)33/h4,7-10,16-17,22,35-36,40-41H,11-15,18-19H2,1-3H3,(H,34,39). The number of hydrogen-bond acceptors (Lipinski definition) is 6. The third-order valence-electron chi connectivity index (χ3n) is 7.06. The van der Waals surface area contributed by atoms with Gasteiger partial charge in [-0.2, -0.15) is 13.2 Å². The number of piperidine rings is 1. The van der Waals surface area contributed by atoms with Crippen LogP contribution in [0.25, 0.3) is 10.9 Å². The van der Waals surface area contributed by atoms with Crippen molar-refractivity contribution in [2.45, 2.75) is 50.7 Å². The predicted molar refractivity (Wildman–Crippen MR) is 154 cm³/mol. The maximum atomic E-state index is 13.6. The minimum atomic E-state index is -4.43. The predicted octanol–water partition coefficient (Wildman–Crippen LogP) is 3.78. The van der Waals surface area contributed by atoms with Gasteiger partial charge in [0.15, 0.2) is 5.79 Å². The largest absolute Gasteiger partial charge is 0.406 e. The van der Waals surface area contributed by atoms with E-state index in [-0.39, 0.29) is 30.6 Å². The van der Waals surface area contributed by atoms with Gasteiger partial charge in [0, 0.05) is 41.8 Å². The van der Waals surface area contributed by atoms with Crippen molar-refractivity contribution >= 4 is 28.2 Å². The van der Waals surface area contributed by atoms with Crippen LogP contribution in [0.2, 0.25) is 0 Å². The highest BCUT2D eigenvalue weighted by atomic mass is 19.4. The number of hydrogen-bond donors (Lipinski definition) is 5. The number of rotatable bonds is 8. The number of amides is 1. The molecule has 0 spiro atoms. The summed E-state index contributed by atoms with van der Waals surface area (Å²) in [6.45, 7) is 2.06. The lowest BCUT2D eigenvalue weighted by Crippen LogP contribution is -2.36. The summed E-state index contributed by atoms with van der Waals surface area (Å²) >= 11 is 0. The average molecular weight is 572 g/mol. The van der Waals surface area contributed by atoms with Crippen LogP contribution in [0.4, 0.5) is 24.5 Å². The van der Waals surface area contributed by atoms with Crippen molar-refractivity contribution in [1.29, 1.82) is 0 Å². The van der Waals surface area contributed by atoms with Crippen LogP contribution < -0.4 is 16.0 Å². The molecule has 1 aromatic heterocycles. The number of halogens is 3. The normalized spacial score (nSPS) is 14.9. The molecule has 41 heavy (non-hydrogen) atoms. The molecule has 11 heteroatoms. The quantitative estimate of drug-likeness (QED) is 0.209. The Labute approximate surface area is 237 Å². The molecule has 1 amide bonds. The maximum absolute atomic E-state index is 13.6. The fourth-order valence-electron chi connectivity index (χ4n) is 5.07. The lowest BCUT2D eigenvalue weighted by molar-refractivity contribution is -0.142. The first-order valence-electron chi connectivity index (χ1n) is 13.5. The fraction of sp³-hybridized carbons (Fsp3) is 0.433. The summed E-state index contributed by atoms with van der Waals surface area (Å²) in [4.78, 5) is 14.3. The minimum absolute atomic E-state index is 0.0775. The summed E-state index contributed by atoms with van der Waals surface area (Å²) in [7, 11) is 3.57. The molecule has 5 N–H and O–H groups in total. The number of alkyl halides is 3. The first-order chi connectivity index (χ1) is 19.3. The highest BCUT2D eigenvalue weighted by molar-refractivity contribution is 5.95. The van der Waals surface area contributed by atoms with Crippen LogP contribution in [0, 0.1) is 11.8 Å². The van der Waals surface area contributed by atoms with E-state index < -0.39 is 18.5 Å². The van der Waals surface area contributed by atoms with Crippen molar-refractivity contribution in [3.05, 3.63) is 59.3 Å². The van der Waals surface area contributed by atoms with Gasteiger partial charge in [-0.1, -0.05) is 12.0 Å². The fourth-order valence-corrected chi connectivity index (χ4v) is 5.07. The topological polar surface area (TPSA) is 102 Å². The lowest BCUT2D eigenvalue weighted by atomic mass is 10.0. The van der Waals surface area contributed by atoms with E-state index in [9.17, 15) is 28.2 Å². The number of aliphatic hydroxyl groups is 2. The van der Waals surface area contributed by atoms with E-state index in [4.69, 9.17) is 0 Å². The first kappa shape index (κ1) is 30.2. The summed E-state index contributed by atoms with van der Waals surface area (Å²) < 4.78 is 41.9. The van der Waals surface area contributed by atoms with Crippen molar-refractivity contribution in [1.82, 2.24) is 14.8 Å². The molecule has 0 aliphatic carbocycles. The van der Waals surface area contributed by atoms with Crippen molar-refractivity contribution < 1.29 is 28.2 Å². The van der Waals surface area contributed by atoms with Gasteiger partial charge in [-0.25, -0.2) is 0 Å². The van der Waals surface area contributed by atoms with Gasteiger partial charge in [0.2, 0.25) is 0 Å². The average Bonchev–Trinajstić information content (AvgIpc) is 3.23. The van der Waals surface area contributed by atoms with Gasteiger partial charge >= 0.3 is 6.18 Å². The summed E-state index contributed by atoms with van der Waals surface area (Å²) in [5, 5.41) is 29.7. The second-order valence-corrected chi connectivity index (χ2v) is 10.7. The summed E-state index contributed by atoms with van der Waals surface area (Å²) in [6.07, 6.45) is -2.68. The van der Waals surface area contributed by atoms with E-state index >= 15 is 0 Å². The number of carbonyl (C=O) groups is 1. The van der Waals surface area contributed by atoms with Crippen molar-refractivity contribution in [2.75, 3.05) is 44.4 Å². The van der Waals surface area contributed by atoms with Gasteiger partial charge in [-0.15, -0.1) is 0 Å². The van der Waals surface area contributed by atoms with Gasteiger partial charge in [0.05, 0.1) is 17.8 Å². The van der Waals surface area contributed by atoms with Crippen LogP contribution >= 0.6 is 0 Å². The molecule has 3 aromatic rings. The first-order valence-corrected chi connectivity index (χ1v) is 13.5. The van der Waals surface area contributed by atoms with Gasteiger partial charge in [-0.3, -0.25) is 4.79 Å². The van der Waals surface area contributed by atoms with Crippen LogP contribution in [0.15, 0.2) is 42.5 Å². The van der Waals surface area contributed by atoms with Crippen molar-refractivity contribution in [3.63, 3.8) is 0 Å². The smallest absolute Gasteiger partial charge is 0.382 e. The Balaban J connectivity index is 1.60. The number of aromatic nitrogens is 1. The van der Waals surface area contributed by atoms with E-state index in [0.29, 0.717) is 27.7 Å². The molecule has 0 unspecified atom stereocenters. The van der Waals surface area contributed by atoms with Crippen molar-refractivity contribution in [2.24, 2.45) is 0 Å². The summed E-state index contributed by atoms with van der Waals surface area (Å²) in [5.74, 6) is 3.46. The third-order valence-corrected chi connectivity index (χ3v) is 7.06. The molecule has 0 saturated carbocycles. The molecule has 1 fully saturated rings. The highest BCUT2D eigenvalue weighted by Gasteiger charge is 2.30. The number of nitrogens with zero attached hydrogens (tertiary/aromatic N) is 2. The van der Waals surface area contributed by atoms with E-state index in [2.05, 4.69) is 39.7 Å². The summed E-state index contributed by atoms with van der Waals surface area (Å²) in [6, 6.07) is 12.0. The van der Waals surface area contributed by atoms with Crippen LogP contribution in [0.5, 0.6) is 0 Å². The van der Waals surface area contributed by atoms with Gasteiger partial charge < -0.3 is 35.6 Å². The number of fused-ring (bicyclic) bond motifs is 1. The zero-order valence-corrected chi connectivity index (χ0v) is 23.4. The molecule has 1 saturated heterocycles. The molecule has 4 rings (SSSR count). The Kier molecular flexibility index (Phi) is 9.17. The molecule has 2 heterocycles. The molecule has 1 aliphatic heterocycles. The van der Waals surface area contributed by atoms with Gasteiger partial charge in [0.25, 0.3) is 5.91 Å². The number of nitrogens with one attached hydrogen (secondary N) is 3. The Bertz CT molecular complexity index is 1440. The SMILES string of the molecule is CNC(=O)c1ccc(NCC#Cc2cc3c(NC4CCN(C)CC4)cccc3n2CC(F)(F)F)c(CC(C)(O)O)c1.